The summed E-state index contributed by atoms with van der Waals surface area (Å²) in [4.78, 5) is 12.6. The van der Waals surface area contributed by atoms with Gasteiger partial charge in [-0.25, -0.2) is 0 Å². The topological polar surface area (TPSA) is 49.3 Å². The van der Waals surface area contributed by atoms with Gasteiger partial charge in [-0.15, -0.1) is 0 Å². The Morgan fingerprint density at radius 2 is 2.32 bits per heavy atom. The van der Waals surface area contributed by atoms with E-state index in [0.29, 0.717) is 6.42 Å². The average Bonchev–Trinajstić information content (AvgIpc) is 3.23. The zero-order valence-corrected chi connectivity index (χ0v) is 14.0. The van der Waals surface area contributed by atoms with Crippen molar-refractivity contribution in [2.24, 2.45) is 5.92 Å². The van der Waals surface area contributed by atoms with E-state index >= 15 is 0 Å². The van der Waals surface area contributed by atoms with Crippen LogP contribution in [0.5, 0.6) is 0 Å². The standard InChI is InChI=1S/C18H25NO2S/c1-22-12-14(8-10-20)19-17(21)16-11-18(16)9-4-6-13-5-2-3-7-15(13)18/h2-3,5,7,14,16,20H,4,6,8-12H2,1H3,(H,19,21). The fourth-order valence-corrected chi connectivity index (χ4v) is 4.68. The highest BCUT2D eigenvalue weighted by molar-refractivity contribution is 7.98. The molecule has 1 fully saturated rings. The van der Waals surface area contributed by atoms with Crippen molar-refractivity contribution in [1.29, 1.82) is 0 Å². The van der Waals surface area contributed by atoms with Crippen LogP contribution in [0.4, 0.5) is 0 Å². The van der Waals surface area contributed by atoms with Crippen molar-refractivity contribution in [1.82, 2.24) is 5.32 Å². The van der Waals surface area contributed by atoms with Crippen molar-refractivity contribution in [3.05, 3.63) is 35.4 Å². The zero-order chi connectivity index (χ0) is 15.6. The first-order chi connectivity index (χ1) is 10.7. The Labute approximate surface area is 136 Å². The van der Waals surface area contributed by atoms with Crippen molar-refractivity contribution in [3.63, 3.8) is 0 Å². The third-order valence-electron chi connectivity index (χ3n) is 5.21. The van der Waals surface area contributed by atoms with Crippen LogP contribution < -0.4 is 5.32 Å². The molecule has 120 valence electrons. The lowest BCUT2D eigenvalue weighted by molar-refractivity contribution is -0.123. The quantitative estimate of drug-likeness (QED) is 0.847. The maximum atomic E-state index is 12.6. The summed E-state index contributed by atoms with van der Waals surface area (Å²) >= 11 is 1.71. The van der Waals surface area contributed by atoms with E-state index in [1.165, 1.54) is 17.5 Å². The number of aliphatic hydroxyl groups excluding tert-OH is 1. The van der Waals surface area contributed by atoms with E-state index < -0.39 is 0 Å². The van der Waals surface area contributed by atoms with E-state index in [4.69, 9.17) is 5.11 Å². The monoisotopic (exact) mass is 319 g/mol. The number of amides is 1. The van der Waals surface area contributed by atoms with Gasteiger partial charge < -0.3 is 10.4 Å². The molecule has 1 aromatic rings. The summed E-state index contributed by atoms with van der Waals surface area (Å²) in [5.41, 5.74) is 2.94. The van der Waals surface area contributed by atoms with Gasteiger partial charge in [0.15, 0.2) is 0 Å². The molecule has 2 N–H and O–H groups in total. The second-order valence-electron chi connectivity index (χ2n) is 6.60. The smallest absolute Gasteiger partial charge is 0.224 e. The lowest BCUT2D eigenvalue weighted by Gasteiger charge is -2.27. The van der Waals surface area contributed by atoms with Crippen LogP contribution in [-0.4, -0.2) is 35.7 Å². The van der Waals surface area contributed by atoms with Crippen molar-refractivity contribution in [2.75, 3.05) is 18.6 Å². The van der Waals surface area contributed by atoms with Gasteiger partial charge in [-0.2, -0.15) is 11.8 Å². The number of fused-ring (bicyclic) bond motifs is 2. The van der Waals surface area contributed by atoms with Gasteiger partial charge in [-0.1, -0.05) is 24.3 Å². The van der Waals surface area contributed by atoms with Gasteiger partial charge in [0.2, 0.25) is 5.91 Å². The molecule has 2 aliphatic carbocycles. The molecule has 1 aromatic carbocycles. The Hall–Kier alpha value is -1.00. The molecule has 0 radical (unpaired) electrons. The SMILES string of the molecule is CSCC(CCO)NC(=O)C1CC12CCCc1ccccc12. The highest BCUT2D eigenvalue weighted by Gasteiger charge is 2.60. The number of hydrogen-bond acceptors (Lipinski definition) is 3. The number of nitrogens with one attached hydrogen (secondary N) is 1. The molecular weight excluding hydrogens is 294 g/mol. The van der Waals surface area contributed by atoms with Gasteiger partial charge in [-0.05, 0) is 49.5 Å². The van der Waals surface area contributed by atoms with Crippen LogP contribution in [0.3, 0.4) is 0 Å². The van der Waals surface area contributed by atoms with Crippen molar-refractivity contribution in [2.45, 2.75) is 43.6 Å². The predicted octanol–water partition coefficient (Wildman–Crippen LogP) is 2.51. The van der Waals surface area contributed by atoms with E-state index in [9.17, 15) is 4.79 Å². The van der Waals surface area contributed by atoms with Crippen LogP contribution >= 0.6 is 11.8 Å². The van der Waals surface area contributed by atoms with Crippen molar-refractivity contribution < 1.29 is 9.90 Å². The lowest BCUT2D eigenvalue weighted by atomic mass is 9.78. The molecule has 0 saturated heterocycles. The number of thioether (sulfide) groups is 1. The highest BCUT2D eigenvalue weighted by Crippen LogP contribution is 2.60. The molecule has 0 aliphatic heterocycles. The summed E-state index contributed by atoms with van der Waals surface area (Å²) < 4.78 is 0. The first kappa shape index (κ1) is 15.9. The van der Waals surface area contributed by atoms with Gasteiger partial charge in [0.1, 0.15) is 0 Å². The van der Waals surface area contributed by atoms with Gasteiger partial charge in [0, 0.05) is 29.7 Å². The summed E-state index contributed by atoms with van der Waals surface area (Å²) in [6, 6.07) is 8.72. The molecule has 3 atom stereocenters. The van der Waals surface area contributed by atoms with Crippen molar-refractivity contribution >= 4 is 17.7 Å². The lowest BCUT2D eigenvalue weighted by Crippen LogP contribution is -2.39. The minimum absolute atomic E-state index is 0.0870. The van der Waals surface area contributed by atoms with E-state index in [2.05, 4.69) is 29.6 Å². The third kappa shape index (κ3) is 2.91. The van der Waals surface area contributed by atoms with Crippen LogP contribution in [0.15, 0.2) is 24.3 Å². The number of hydrogen-bond donors (Lipinski definition) is 2. The minimum atomic E-state index is 0.0870. The van der Waals surface area contributed by atoms with E-state index in [0.717, 1.165) is 25.0 Å². The summed E-state index contributed by atoms with van der Waals surface area (Å²) in [6.45, 7) is 0.129. The van der Waals surface area contributed by atoms with Gasteiger partial charge in [-0.3, -0.25) is 4.79 Å². The van der Waals surface area contributed by atoms with Gasteiger partial charge in [0.25, 0.3) is 0 Å². The molecule has 4 heteroatoms. The summed E-state index contributed by atoms with van der Waals surface area (Å²) in [5.74, 6) is 1.17. The Morgan fingerprint density at radius 1 is 1.50 bits per heavy atom. The summed E-state index contributed by atoms with van der Waals surface area (Å²) in [6.07, 6.45) is 7.13. The predicted molar refractivity (Wildman–Crippen MR) is 91.2 cm³/mol. The first-order valence-corrected chi connectivity index (χ1v) is 9.59. The fraction of sp³-hybridized carbons (Fsp3) is 0.611. The van der Waals surface area contributed by atoms with Crippen LogP contribution in [0.2, 0.25) is 0 Å². The molecular formula is C18H25NO2S. The molecule has 0 heterocycles. The Bertz CT molecular complexity index is 542. The molecule has 1 amide bonds. The van der Waals surface area contributed by atoms with Gasteiger partial charge >= 0.3 is 0 Å². The fourth-order valence-electron chi connectivity index (χ4n) is 4.03. The Kier molecular flexibility index (Phi) is 4.79. The maximum absolute atomic E-state index is 12.6. The molecule has 0 aromatic heterocycles. The van der Waals surface area contributed by atoms with E-state index in [-0.39, 0.29) is 29.9 Å². The largest absolute Gasteiger partial charge is 0.396 e. The van der Waals surface area contributed by atoms with Gasteiger partial charge in [0.05, 0.1) is 0 Å². The third-order valence-corrected chi connectivity index (χ3v) is 5.94. The number of rotatable bonds is 6. The minimum Gasteiger partial charge on any atom is -0.396 e. The highest BCUT2D eigenvalue weighted by atomic mass is 32.2. The molecule has 2 aliphatic rings. The molecule has 3 rings (SSSR count). The van der Waals surface area contributed by atoms with E-state index in [1.54, 1.807) is 11.8 Å². The average molecular weight is 319 g/mol. The summed E-state index contributed by atoms with van der Waals surface area (Å²) in [7, 11) is 0. The molecule has 3 nitrogen and oxygen atoms in total. The second-order valence-corrected chi connectivity index (χ2v) is 7.51. The zero-order valence-electron chi connectivity index (χ0n) is 13.2. The number of carbonyl (C=O) groups is 1. The second kappa shape index (κ2) is 6.63. The maximum Gasteiger partial charge on any atom is 0.224 e. The number of benzene rings is 1. The Balaban J connectivity index is 1.70. The van der Waals surface area contributed by atoms with E-state index in [1.807, 2.05) is 6.26 Å². The van der Waals surface area contributed by atoms with Crippen LogP contribution in [0, 0.1) is 5.92 Å². The number of carbonyl (C=O) groups excluding carboxylic acids is 1. The van der Waals surface area contributed by atoms with Crippen molar-refractivity contribution in [3.8, 4) is 0 Å². The van der Waals surface area contributed by atoms with Crippen LogP contribution in [0.25, 0.3) is 0 Å². The first-order valence-electron chi connectivity index (χ1n) is 8.20. The molecule has 1 saturated carbocycles. The number of aryl methyl sites for hydroxylation is 1. The molecule has 3 unspecified atom stereocenters. The molecule has 22 heavy (non-hydrogen) atoms. The van der Waals surface area contributed by atoms with Crippen LogP contribution in [-0.2, 0) is 16.6 Å². The molecule has 1 spiro atoms. The Morgan fingerprint density at radius 3 is 3.09 bits per heavy atom. The number of aliphatic hydroxyl groups is 1. The summed E-state index contributed by atoms with van der Waals surface area (Å²) in [5, 5.41) is 12.3. The molecule has 0 bridgehead atoms. The normalized spacial score (nSPS) is 27.3. The van der Waals surface area contributed by atoms with Crippen LogP contribution in [0.1, 0.15) is 36.8 Å².